The Morgan fingerprint density at radius 2 is 2.00 bits per heavy atom. The van der Waals surface area contributed by atoms with Crippen molar-refractivity contribution in [3.05, 3.63) is 59.7 Å². The summed E-state index contributed by atoms with van der Waals surface area (Å²) in [5.74, 6) is 1.75. The number of ether oxygens (including phenoxy) is 2. The van der Waals surface area contributed by atoms with Crippen LogP contribution in [0.2, 0.25) is 0 Å². The largest absolute Gasteiger partial charge is 0.497 e. The highest BCUT2D eigenvalue weighted by atomic mass is 16.5. The number of nitrogens with zero attached hydrogens (tertiary/aromatic N) is 4. The molecule has 1 atom stereocenters. The summed E-state index contributed by atoms with van der Waals surface area (Å²) in [5, 5.41) is 2.95. The van der Waals surface area contributed by atoms with E-state index in [1.807, 2.05) is 45.8 Å². The maximum atomic E-state index is 13.2. The molecule has 0 spiro atoms. The van der Waals surface area contributed by atoms with E-state index in [-0.39, 0.29) is 24.5 Å². The van der Waals surface area contributed by atoms with E-state index in [2.05, 4.69) is 5.32 Å². The third kappa shape index (κ3) is 4.30. The van der Waals surface area contributed by atoms with E-state index in [0.29, 0.717) is 35.1 Å². The summed E-state index contributed by atoms with van der Waals surface area (Å²) in [4.78, 5) is 34.0. The van der Waals surface area contributed by atoms with E-state index in [0.717, 1.165) is 18.4 Å². The molecule has 9 heteroatoms. The van der Waals surface area contributed by atoms with Crippen molar-refractivity contribution in [1.29, 1.82) is 0 Å². The minimum atomic E-state index is -0.293. The van der Waals surface area contributed by atoms with Gasteiger partial charge in [-0.15, -0.1) is 0 Å². The fourth-order valence-corrected chi connectivity index (χ4v) is 4.26. The van der Waals surface area contributed by atoms with Gasteiger partial charge in [0, 0.05) is 38.9 Å². The minimum absolute atomic E-state index is 0.0543. The Hall–Kier alpha value is -3.75. The van der Waals surface area contributed by atoms with Crippen molar-refractivity contribution >= 4 is 17.5 Å². The Morgan fingerprint density at radius 3 is 2.73 bits per heavy atom. The SMILES string of the molecule is COc1ccc(OC)c(CNC(=O)c2nc(C3CCCN3C(=O)N(C)C)n3ccccc23)c1. The third-order valence-corrected chi connectivity index (χ3v) is 5.90. The van der Waals surface area contributed by atoms with Crippen LogP contribution in [0.3, 0.4) is 0 Å². The van der Waals surface area contributed by atoms with Gasteiger partial charge in [0.15, 0.2) is 5.69 Å². The van der Waals surface area contributed by atoms with Crippen LogP contribution in [0.4, 0.5) is 4.79 Å². The second-order valence-corrected chi connectivity index (χ2v) is 8.16. The first-order valence-electron chi connectivity index (χ1n) is 10.9. The summed E-state index contributed by atoms with van der Waals surface area (Å²) in [6.07, 6.45) is 3.58. The summed E-state index contributed by atoms with van der Waals surface area (Å²) in [6, 6.07) is 10.8. The Bertz CT molecular complexity index is 1170. The molecule has 1 fully saturated rings. The van der Waals surface area contributed by atoms with Crippen LogP contribution >= 0.6 is 0 Å². The zero-order valence-electron chi connectivity index (χ0n) is 19.4. The van der Waals surface area contributed by atoms with Gasteiger partial charge in [0.05, 0.1) is 25.8 Å². The molecule has 9 nitrogen and oxygen atoms in total. The number of pyridine rings is 1. The van der Waals surface area contributed by atoms with Gasteiger partial charge in [-0.3, -0.25) is 4.79 Å². The van der Waals surface area contributed by atoms with Gasteiger partial charge in [-0.05, 0) is 43.2 Å². The highest BCUT2D eigenvalue weighted by Gasteiger charge is 2.35. The fourth-order valence-electron chi connectivity index (χ4n) is 4.26. The number of nitrogens with one attached hydrogen (secondary N) is 1. The Labute approximate surface area is 192 Å². The number of hydrogen-bond donors (Lipinski definition) is 1. The molecule has 1 aliphatic rings. The number of benzene rings is 1. The molecule has 2 aromatic heterocycles. The summed E-state index contributed by atoms with van der Waals surface area (Å²) in [6.45, 7) is 0.926. The van der Waals surface area contributed by atoms with Crippen LogP contribution < -0.4 is 14.8 Å². The molecule has 1 aromatic carbocycles. The van der Waals surface area contributed by atoms with E-state index in [1.165, 1.54) is 0 Å². The predicted molar refractivity (Wildman–Crippen MR) is 124 cm³/mol. The van der Waals surface area contributed by atoms with E-state index in [9.17, 15) is 9.59 Å². The van der Waals surface area contributed by atoms with Gasteiger partial charge in [0.2, 0.25) is 0 Å². The van der Waals surface area contributed by atoms with E-state index in [1.54, 1.807) is 39.3 Å². The topological polar surface area (TPSA) is 88.4 Å². The highest BCUT2D eigenvalue weighted by molar-refractivity contribution is 5.99. The Balaban J connectivity index is 1.63. The maximum Gasteiger partial charge on any atom is 0.320 e. The lowest BCUT2D eigenvalue weighted by Crippen LogP contribution is -2.39. The number of carbonyl (C=O) groups is 2. The summed E-state index contributed by atoms with van der Waals surface area (Å²) in [5.41, 5.74) is 1.83. The molecule has 1 unspecified atom stereocenters. The first-order valence-corrected chi connectivity index (χ1v) is 10.9. The highest BCUT2D eigenvalue weighted by Crippen LogP contribution is 2.33. The summed E-state index contributed by atoms with van der Waals surface area (Å²) in [7, 11) is 6.67. The van der Waals surface area contributed by atoms with E-state index in [4.69, 9.17) is 14.5 Å². The second kappa shape index (κ2) is 9.40. The number of carbonyl (C=O) groups excluding carboxylic acids is 2. The number of urea groups is 1. The molecular formula is C24H29N5O4. The van der Waals surface area contributed by atoms with Crippen LogP contribution in [0.15, 0.2) is 42.6 Å². The van der Waals surface area contributed by atoms with Crippen molar-refractivity contribution in [3.8, 4) is 11.5 Å². The van der Waals surface area contributed by atoms with Gasteiger partial charge < -0.3 is 29.0 Å². The zero-order chi connectivity index (χ0) is 23.5. The molecule has 3 aromatic rings. The molecule has 0 radical (unpaired) electrons. The molecule has 3 heterocycles. The molecule has 1 saturated heterocycles. The Kier molecular flexibility index (Phi) is 6.39. The number of fused-ring (bicyclic) bond motifs is 1. The number of imidazole rings is 1. The third-order valence-electron chi connectivity index (χ3n) is 5.90. The van der Waals surface area contributed by atoms with Crippen LogP contribution in [0.25, 0.3) is 5.52 Å². The van der Waals surface area contributed by atoms with Crippen LogP contribution in [-0.2, 0) is 6.54 Å². The van der Waals surface area contributed by atoms with Crippen LogP contribution in [0.1, 0.15) is 40.8 Å². The number of likely N-dealkylation sites (tertiary alicyclic amines) is 1. The molecule has 1 aliphatic heterocycles. The standard InChI is InChI=1S/C24H29N5O4/c1-27(2)24(31)29-13-7-9-19(29)22-26-21(18-8-5-6-12-28(18)22)23(30)25-15-16-14-17(32-3)10-11-20(16)33-4/h5-6,8,10-12,14,19H,7,9,13,15H2,1-4H3,(H,25,30). The normalized spacial score (nSPS) is 15.5. The smallest absolute Gasteiger partial charge is 0.320 e. The van der Waals surface area contributed by atoms with Crippen molar-refractivity contribution in [2.75, 3.05) is 34.9 Å². The molecule has 4 rings (SSSR count). The molecule has 1 N–H and O–H groups in total. The molecule has 0 aliphatic carbocycles. The monoisotopic (exact) mass is 451 g/mol. The minimum Gasteiger partial charge on any atom is -0.497 e. The molecule has 33 heavy (non-hydrogen) atoms. The van der Waals surface area contributed by atoms with E-state index < -0.39 is 0 Å². The first-order chi connectivity index (χ1) is 15.9. The van der Waals surface area contributed by atoms with Gasteiger partial charge in [-0.1, -0.05) is 6.07 Å². The molecule has 3 amide bonds. The van der Waals surface area contributed by atoms with Crippen molar-refractivity contribution in [1.82, 2.24) is 24.5 Å². The number of rotatable bonds is 6. The van der Waals surface area contributed by atoms with Crippen molar-refractivity contribution in [3.63, 3.8) is 0 Å². The van der Waals surface area contributed by atoms with Crippen molar-refractivity contribution in [2.24, 2.45) is 0 Å². The summed E-state index contributed by atoms with van der Waals surface area (Å²) < 4.78 is 12.6. The first kappa shape index (κ1) is 22.4. The van der Waals surface area contributed by atoms with Gasteiger partial charge in [-0.25, -0.2) is 9.78 Å². The average molecular weight is 452 g/mol. The molecule has 0 saturated carbocycles. The van der Waals surface area contributed by atoms with Crippen molar-refractivity contribution < 1.29 is 19.1 Å². The van der Waals surface area contributed by atoms with Crippen LogP contribution in [0.5, 0.6) is 11.5 Å². The summed E-state index contributed by atoms with van der Waals surface area (Å²) >= 11 is 0. The molecule has 174 valence electrons. The maximum absolute atomic E-state index is 13.2. The molecular weight excluding hydrogens is 422 g/mol. The van der Waals surface area contributed by atoms with Crippen LogP contribution in [0, 0.1) is 0 Å². The predicted octanol–water partition coefficient (Wildman–Crippen LogP) is 3.10. The lowest BCUT2D eigenvalue weighted by molar-refractivity contribution is 0.0947. The second-order valence-electron chi connectivity index (χ2n) is 8.16. The lowest BCUT2D eigenvalue weighted by Gasteiger charge is -2.27. The number of amides is 3. The van der Waals surface area contributed by atoms with Gasteiger partial charge in [0.1, 0.15) is 17.3 Å². The van der Waals surface area contributed by atoms with Crippen molar-refractivity contribution in [2.45, 2.75) is 25.4 Å². The Morgan fingerprint density at radius 1 is 1.18 bits per heavy atom. The number of hydrogen-bond acceptors (Lipinski definition) is 5. The quantitative estimate of drug-likeness (QED) is 0.622. The number of methoxy groups -OCH3 is 2. The van der Waals surface area contributed by atoms with Gasteiger partial charge in [0.25, 0.3) is 5.91 Å². The van der Waals surface area contributed by atoms with Gasteiger partial charge in [-0.2, -0.15) is 0 Å². The zero-order valence-corrected chi connectivity index (χ0v) is 19.4. The lowest BCUT2D eigenvalue weighted by atomic mass is 10.2. The molecule has 0 bridgehead atoms. The average Bonchev–Trinajstić information content (AvgIpc) is 3.46. The van der Waals surface area contributed by atoms with E-state index >= 15 is 0 Å². The fraction of sp³-hybridized carbons (Fsp3) is 0.375. The van der Waals surface area contributed by atoms with Crippen LogP contribution in [-0.4, -0.2) is 66.0 Å². The van der Waals surface area contributed by atoms with Gasteiger partial charge >= 0.3 is 6.03 Å². The number of aromatic nitrogens is 2.